The number of benzene rings is 1. The normalized spacial score (nSPS) is 15.9. The van der Waals surface area contributed by atoms with E-state index in [0.29, 0.717) is 29.5 Å². The lowest BCUT2D eigenvalue weighted by Gasteiger charge is -2.09. The standard InChI is InChI=1S/C22H26N6O3S/c1-12-6-7-23-21(31)18-17(12)14-10-13(4-5-15(14)25-18)19(29)27-22-26-16(11-32-22)20(30)24-8-9-28(2)3/h4-5,10-12,25H,6-9H2,1-3H3,(H,23,31)(H,24,30)(H,26,27,29)/t12-/m0/s1. The number of aromatic nitrogens is 2. The summed E-state index contributed by atoms with van der Waals surface area (Å²) < 4.78 is 0. The summed E-state index contributed by atoms with van der Waals surface area (Å²) in [5.41, 5.74) is 3.06. The highest BCUT2D eigenvalue weighted by Crippen LogP contribution is 2.33. The van der Waals surface area contributed by atoms with Gasteiger partial charge in [0.1, 0.15) is 11.4 Å². The Labute approximate surface area is 189 Å². The molecule has 168 valence electrons. The maximum atomic E-state index is 12.8. The van der Waals surface area contributed by atoms with Gasteiger partial charge in [0.25, 0.3) is 17.7 Å². The molecule has 0 unspecified atom stereocenters. The van der Waals surface area contributed by atoms with Gasteiger partial charge in [-0.25, -0.2) is 4.98 Å². The zero-order valence-electron chi connectivity index (χ0n) is 18.2. The number of carbonyl (C=O) groups is 3. The number of thiazole rings is 1. The van der Waals surface area contributed by atoms with Gasteiger partial charge in [0.2, 0.25) is 0 Å². The van der Waals surface area contributed by atoms with Crippen LogP contribution in [0.15, 0.2) is 23.6 Å². The average molecular weight is 455 g/mol. The molecular weight excluding hydrogens is 428 g/mol. The Morgan fingerprint density at radius 3 is 2.88 bits per heavy atom. The molecule has 1 aliphatic rings. The molecule has 0 saturated carbocycles. The molecule has 10 heteroatoms. The molecular formula is C22H26N6O3S. The number of anilines is 1. The van der Waals surface area contributed by atoms with Crippen LogP contribution in [0.1, 0.15) is 56.2 Å². The number of hydrogen-bond donors (Lipinski definition) is 4. The van der Waals surface area contributed by atoms with Crippen LogP contribution in [0.3, 0.4) is 0 Å². The minimum Gasteiger partial charge on any atom is -0.351 e. The fraction of sp³-hybridized carbons (Fsp3) is 0.364. The number of nitrogens with zero attached hydrogens (tertiary/aromatic N) is 2. The van der Waals surface area contributed by atoms with Crippen LogP contribution in [0, 0.1) is 0 Å². The Morgan fingerprint density at radius 2 is 2.09 bits per heavy atom. The average Bonchev–Trinajstić information content (AvgIpc) is 3.34. The molecule has 3 aromatic rings. The molecule has 4 rings (SSSR count). The number of amides is 3. The van der Waals surface area contributed by atoms with Gasteiger partial charge in [0, 0.05) is 41.5 Å². The van der Waals surface area contributed by atoms with Gasteiger partial charge >= 0.3 is 0 Å². The Morgan fingerprint density at radius 1 is 1.28 bits per heavy atom. The predicted molar refractivity (Wildman–Crippen MR) is 125 cm³/mol. The number of aromatic amines is 1. The maximum Gasteiger partial charge on any atom is 0.270 e. The Bertz CT molecular complexity index is 1180. The van der Waals surface area contributed by atoms with Crippen molar-refractivity contribution in [3.63, 3.8) is 0 Å². The molecule has 1 aliphatic heterocycles. The van der Waals surface area contributed by atoms with Gasteiger partial charge in [0.05, 0.1) is 0 Å². The van der Waals surface area contributed by atoms with Crippen LogP contribution < -0.4 is 16.0 Å². The second-order valence-corrected chi connectivity index (χ2v) is 9.03. The Hall–Kier alpha value is -3.24. The summed E-state index contributed by atoms with van der Waals surface area (Å²) in [5, 5.41) is 11.3. The second kappa shape index (κ2) is 9.09. The number of rotatable bonds is 6. The van der Waals surface area contributed by atoms with Crippen LogP contribution >= 0.6 is 11.3 Å². The van der Waals surface area contributed by atoms with E-state index in [9.17, 15) is 14.4 Å². The van der Waals surface area contributed by atoms with Crippen molar-refractivity contribution in [2.24, 2.45) is 0 Å². The number of fused-ring (bicyclic) bond motifs is 3. The first kappa shape index (κ1) is 22.0. The van der Waals surface area contributed by atoms with Gasteiger partial charge < -0.3 is 20.5 Å². The zero-order valence-corrected chi connectivity index (χ0v) is 19.1. The van der Waals surface area contributed by atoms with Gasteiger partial charge in [-0.1, -0.05) is 6.92 Å². The van der Waals surface area contributed by atoms with Crippen molar-refractivity contribution in [1.29, 1.82) is 0 Å². The minimum absolute atomic E-state index is 0.120. The first-order valence-corrected chi connectivity index (χ1v) is 11.3. The van der Waals surface area contributed by atoms with Crippen molar-refractivity contribution in [2.75, 3.05) is 39.0 Å². The number of hydrogen-bond acceptors (Lipinski definition) is 6. The molecule has 3 amide bonds. The number of carbonyl (C=O) groups excluding carboxylic acids is 3. The van der Waals surface area contributed by atoms with E-state index < -0.39 is 0 Å². The number of nitrogens with one attached hydrogen (secondary N) is 4. The van der Waals surface area contributed by atoms with Gasteiger partial charge in [-0.05, 0) is 50.2 Å². The molecule has 3 heterocycles. The van der Waals surface area contributed by atoms with Crippen molar-refractivity contribution in [2.45, 2.75) is 19.3 Å². The van der Waals surface area contributed by atoms with Gasteiger partial charge in [0.15, 0.2) is 5.13 Å². The highest BCUT2D eigenvalue weighted by atomic mass is 32.1. The van der Waals surface area contributed by atoms with Crippen LogP contribution in [0.25, 0.3) is 10.9 Å². The van der Waals surface area contributed by atoms with E-state index in [0.717, 1.165) is 29.4 Å². The van der Waals surface area contributed by atoms with E-state index in [-0.39, 0.29) is 29.3 Å². The van der Waals surface area contributed by atoms with E-state index in [2.05, 4.69) is 32.8 Å². The highest BCUT2D eigenvalue weighted by molar-refractivity contribution is 7.14. The molecule has 1 atom stereocenters. The van der Waals surface area contributed by atoms with Gasteiger partial charge in [-0.3, -0.25) is 19.7 Å². The molecule has 0 radical (unpaired) electrons. The van der Waals surface area contributed by atoms with Crippen LogP contribution in [-0.4, -0.2) is 66.3 Å². The molecule has 0 saturated heterocycles. The second-order valence-electron chi connectivity index (χ2n) is 8.17. The predicted octanol–water partition coefficient (Wildman–Crippen LogP) is 2.41. The largest absolute Gasteiger partial charge is 0.351 e. The van der Waals surface area contributed by atoms with Crippen LogP contribution in [-0.2, 0) is 0 Å². The van der Waals surface area contributed by atoms with Crippen LogP contribution in [0.2, 0.25) is 0 Å². The van der Waals surface area contributed by atoms with Crippen molar-refractivity contribution in [3.8, 4) is 0 Å². The fourth-order valence-corrected chi connectivity index (χ4v) is 4.45. The molecule has 32 heavy (non-hydrogen) atoms. The van der Waals surface area contributed by atoms with E-state index in [1.165, 1.54) is 11.3 Å². The van der Waals surface area contributed by atoms with Crippen molar-refractivity contribution in [3.05, 3.63) is 46.1 Å². The lowest BCUT2D eigenvalue weighted by atomic mass is 9.95. The van der Waals surface area contributed by atoms with E-state index in [1.807, 2.05) is 25.1 Å². The lowest BCUT2D eigenvalue weighted by Crippen LogP contribution is -2.31. The summed E-state index contributed by atoms with van der Waals surface area (Å²) in [5.74, 6) is -0.525. The monoisotopic (exact) mass is 454 g/mol. The molecule has 4 N–H and O–H groups in total. The lowest BCUT2D eigenvalue weighted by molar-refractivity contribution is 0.0940. The summed E-state index contributed by atoms with van der Waals surface area (Å²) in [6, 6.07) is 5.32. The summed E-state index contributed by atoms with van der Waals surface area (Å²) in [6.07, 6.45) is 0.834. The SMILES string of the molecule is C[C@H]1CCNC(=O)c2[nH]c3ccc(C(=O)Nc4nc(C(=O)NCCN(C)C)cs4)cc3c21. The molecule has 0 bridgehead atoms. The topological polar surface area (TPSA) is 119 Å². The molecule has 0 aliphatic carbocycles. The van der Waals surface area contributed by atoms with E-state index in [1.54, 1.807) is 17.5 Å². The Kier molecular flexibility index (Phi) is 6.24. The first-order chi connectivity index (χ1) is 15.3. The van der Waals surface area contributed by atoms with Crippen LogP contribution in [0.5, 0.6) is 0 Å². The highest BCUT2D eigenvalue weighted by Gasteiger charge is 2.25. The smallest absolute Gasteiger partial charge is 0.270 e. The number of likely N-dealkylation sites (N-methyl/N-ethyl adjacent to an activating group) is 1. The van der Waals surface area contributed by atoms with E-state index >= 15 is 0 Å². The zero-order chi connectivity index (χ0) is 22.8. The molecule has 0 spiro atoms. The third kappa shape index (κ3) is 4.51. The summed E-state index contributed by atoms with van der Waals surface area (Å²) in [7, 11) is 3.86. The Balaban J connectivity index is 1.51. The summed E-state index contributed by atoms with van der Waals surface area (Å²) in [6.45, 7) is 3.95. The van der Waals surface area contributed by atoms with Crippen LogP contribution in [0.4, 0.5) is 5.13 Å². The van der Waals surface area contributed by atoms with E-state index in [4.69, 9.17) is 0 Å². The third-order valence-electron chi connectivity index (χ3n) is 5.49. The van der Waals surface area contributed by atoms with Crippen molar-refractivity contribution < 1.29 is 14.4 Å². The van der Waals surface area contributed by atoms with Crippen molar-refractivity contribution in [1.82, 2.24) is 25.5 Å². The first-order valence-electron chi connectivity index (χ1n) is 10.5. The summed E-state index contributed by atoms with van der Waals surface area (Å²) in [4.78, 5) is 46.8. The summed E-state index contributed by atoms with van der Waals surface area (Å²) >= 11 is 1.20. The molecule has 2 aromatic heterocycles. The fourth-order valence-electron chi connectivity index (χ4n) is 3.77. The molecule has 1 aromatic carbocycles. The number of H-pyrrole nitrogens is 1. The van der Waals surface area contributed by atoms with Gasteiger partial charge in [-0.2, -0.15) is 0 Å². The van der Waals surface area contributed by atoms with Crippen molar-refractivity contribution >= 4 is 45.1 Å². The maximum absolute atomic E-state index is 12.8. The quantitative estimate of drug-likeness (QED) is 0.456. The third-order valence-corrected chi connectivity index (χ3v) is 6.24. The van der Waals surface area contributed by atoms with Gasteiger partial charge in [-0.15, -0.1) is 11.3 Å². The minimum atomic E-state index is -0.318. The molecule has 9 nitrogen and oxygen atoms in total. The molecule has 0 fully saturated rings.